The van der Waals surface area contributed by atoms with Crippen LogP contribution in [0.3, 0.4) is 0 Å². The summed E-state index contributed by atoms with van der Waals surface area (Å²) in [4.78, 5) is 0. The largest absolute Gasteiger partial charge is 0.305 e. The molecule has 1 N–H and O–H groups in total. The van der Waals surface area contributed by atoms with Gasteiger partial charge in [-0.2, -0.15) is 0 Å². The SMILES string of the molecule is CCNC1(C)C=CC=CC=C1. The molecule has 60 valence electrons. The molecule has 0 aromatic rings. The van der Waals surface area contributed by atoms with Gasteiger partial charge in [0.1, 0.15) is 0 Å². The molecule has 1 aliphatic rings. The summed E-state index contributed by atoms with van der Waals surface area (Å²) in [5, 5.41) is 3.39. The second kappa shape index (κ2) is 3.54. The number of hydrogen-bond acceptors (Lipinski definition) is 1. The molecule has 0 saturated heterocycles. The van der Waals surface area contributed by atoms with Crippen molar-refractivity contribution >= 4 is 0 Å². The first-order valence-electron chi connectivity index (χ1n) is 4.05. The second-order valence-corrected chi connectivity index (χ2v) is 2.92. The van der Waals surface area contributed by atoms with E-state index < -0.39 is 0 Å². The molecule has 1 aliphatic carbocycles. The third kappa shape index (κ3) is 2.35. The zero-order valence-electron chi connectivity index (χ0n) is 7.17. The van der Waals surface area contributed by atoms with Crippen LogP contribution in [0.25, 0.3) is 0 Å². The molecule has 0 bridgehead atoms. The van der Waals surface area contributed by atoms with E-state index in [1.807, 2.05) is 12.2 Å². The first-order valence-corrected chi connectivity index (χ1v) is 4.05. The molecule has 0 aromatic carbocycles. The van der Waals surface area contributed by atoms with Gasteiger partial charge in [-0.3, -0.25) is 0 Å². The van der Waals surface area contributed by atoms with E-state index in [9.17, 15) is 0 Å². The van der Waals surface area contributed by atoms with Crippen molar-refractivity contribution in [3.8, 4) is 0 Å². The van der Waals surface area contributed by atoms with Gasteiger partial charge in [-0.25, -0.2) is 0 Å². The number of nitrogens with one attached hydrogen (secondary N) is 1. The van der Waals surface area contributed by atoms with Gasteiger partial charge in [-0.05, 0) is 13.5 Å². The predicted octanol–water partition coefficient (Wildman–Crippen LogP) is 2.04. The van der Waals surface area contributed by atoms with Crippen molar-refractivity contribution in [3.05, 3.63) is 36.5 Å². The summed E-state index contributed by atoms with van der Waals surface area (Å²) >= 11 is 0. The van der Waals surface area contributed by atoms with E-state index in [-0.39, 0.29) is 5.54 Å². The fourth-order valence-electron chi connectivity index (χ4n) is 1.19. The lowest BCUT2D eigenvalue weighted by Gasteiger charge is -2.22. The Morgan fingerprint density at radius 3 is 2.09 bits per heavy atom. The van der Waals surface area contributed by atoms with Gasteiger partial charge >= 0.3 is 0 Å². The van der Waals surface area contributed by atoms with Crippen LogP contribution in [0.5, 0.6) is 0 Å². The molecule has 1 nitrogen and oxygen atoms in total. The molecule has 0 spiro atoms. The third-order valence-electron chi connectivity index (χ3n) is 1.78. The Morgan fingerprint density at radius 2 is 1.64 bits per heavy atom. The highest BCUT2D eigenvalue weighted by Gasteiger charge is 2.14. The van der Waals surface area contributed by atoms with Crippen LogP contribution in [0.2, 0.25) is 0 Å². The Morgan fingerprint density at radius 1 is 1.09 bits per heavy atom. The minimum absolute atomic E-state index is 0.0399. The highest BCUT2D eigenvalue weighted by Crippen LogP contribution is 2.10. The van der Waals surface area contributed by atoms with Crippen molar-refractivity contribution in [2.75, 3.05) is 6.54 Å². The zero-order chi connectivity index (χ0) is 8.16. The van der Waals surface area contributed by atoms with Crippen LogP contribution in [0, 0.1) is 0 Å². The summed E-state index contributed by atoms with van der Waals surface area (Å²) in [5.74, 6) is 0. The molecular weight excluding hydrogens is 134 g/mol. The van der Waals surface area contributed by atoms with E-state index in [1.165, 1.54) is 0 Å². The Hall–Kier alpha value is -0.820. The molecule has 11 heavy (non-hydrogen) atoms. The third-order valence-corrected chi connectivity index (χ3v) is 1.78. The zero-order valence-corrected chi connectivity index (χ0v) is 7.17. The van der Waals surface area contributed by atoms with Crippen molar-refractivity contribution in [1.29, 1.82) is 0 Å². The minimum atomic E-state index is 0.0399. The molecular formula is C10H15N. The molecule has 0 saturated carbocycles. The van der Waals surface area contributed by atoms with E-state index in [0.29, 0.717) is 0 Å². The molecule has 1 heteroatoms. The first kappa shape index (κ1) is 8.28. The smallest absolute Gasteiger partial charge is 0.0527 e. The van der Waals surface area contributed by atoms with E-state index in [4.69, 9.17) is 0 Å². The van der Waals surface area contributed by atoms with Crippen molar-refractivity contribution in [1.82, 2.24) is 5.32 Å². The van der Waals surface area contributed by atoms with Crippen molar-refractivity contribution in [3.63, 3.8) is 0 Å². The van der Waals surface area contributed by atoms with E-state index in [2.05, 4.69) is 43.5 Å². The normalized spacial score (nSPS) is 20.2. The van der Waals surface area contributed by atoms with Crippen LogP contribution in [0.4, 0.5) is 0 Å². The molecule has 1 rings (SSSR count). The summed E-state index contributed by atoms with van der Waals surface area (Å²) < 4.78 is 0. The standard InChI is InChI=1S/C10H15N/c1-3-11-10(2)8-6-4-5-7-9-10/h4-9,11H,3H2,1-2H3. The Balaban J connectivity index is 2.70. The Bertz CT molecular complexity index is 183. The topological polar surface area (TPSA) is 12.0 Å². The molecule has 0 amide bonds. The first-order chi connectivity index (χ1) is 5.27. The van der Waals surface area contributed by atoms with Crippen LogP contribution >= 0.6 is 0 Å². The van der Waals surface area contributed by atoms with Crippen LogP contribution in [-0.2, 0) is 0 Å². The van der Waals surface area contributed by atoms with Gasteiger partial charge < -0.3 is 5.32 Å². The van der Waals surface area contributed by atoms with Crippen LogP contribution < -0.4 is 5.32 Å². The van der Waals surface area contributed by atoms with Gasteiger partial charge in [0.15, 0.2) is 0 Å². The number of allylic oxidation sites excluding steroid dienone is 4. The minimum Gasteiger partial charge on any atom is -0.305 e. The highest BCUT2D eigenvalue weighted by atomic mass is 14.9. The van der Waals surface area contributed by atoms with Crippen molar-refractivity contribution < 1.29 is 0 Å². The maximum atomic E-state index is 3.39. The molecule has 0 heterocycles. The van der Waals surface area contributed by atoms with E-state index in [1.54, 1.807) is 0 Å². The quantitative estimate of drug-likeness (QED) is 0.633. The number of hydrogen-bond donors (Lipinski definition) is 1. The lowest BCUT2D eigenvalue weighted by atomic mass is 10.0. The van der Waals surface area contributed by atoms with E-state index in [0.717, 1.165) is 6.54 Å². The van der Waals surface area contributed by atoms with Gasteiger partial charge in [-0.15, -0.1) is 0 Å². The summed E-state index contributed by atoms with van der Waals surface area (Å²) in [6, 6.07) is 0. The van der Waals surface area contributed by atoms with Gasteiger partial charge in [0.05, 0.1) is 5.54 Å². The average Bonchev–Trinajstić information content (AvgIpc) is 2.15. The fourth-order valence-corrected chi connectivity index (χ4v) is 1.19. The fraction of sp³-hybridized carbons (Fsp3) is 0.400. The van der Waals surface area contributed by atoms with Crippen molar-refractivity contribution in [2.45, 2.75) is 19.4 Å². The average molecular weight is 149 g/mol. The molecule has 0 unspecified atom stereocenters. The lowest BCUT2D eigenvalue weighted by Crippen LogP contribution is -2.37. The van der Waals surface area contributed by atoms with E-state index >= 15 is 0 Å². The van der Waals surface area contributed by atoms with Gasteiger partial charge in [0.2, 0.25) is 0 Å². The number of likely N-dealkylation sites (N-methyl/N-ethyl adjacent to an activating group) is 1. The van der Waals surface area contributed by atoms with Gasteiger partial charge in [0, 0.05) is 0 Å². The summed E-state index contributed by atoms with van der Waals surface area (Å²) in [5.41, 5.74) is 0.0399. The van der Waals surface area contributed by atoms with Gasteiger partial charge in [-0.1, -0.05) is 43.4 Å². The molecule has 0 radical (unpaired) electrons. The predicted molar refractivity (Wildman–Crippen MR) is 49.5 cm³/mol. The second-order valence-electron chi connectivity index (χ2n) is 2.92. The Labute approximate surface area is 68.5 Å². The maximum Gasteiger partial charge on any atom is 0.0527 e. The maximum absolute atomic E-state index is 3.39. The molecule has 0 aromatic heterocycles. The lowest BCUT2D eigenvalue weighted by molar-refractivity contribution is 0.544. The number of rotatable bonds is 2. The summed E-state index contributed by atoms with van der Waals surface area (Å²) in [6.45, 7) is 5.27. The monoisotopic (exact) mass is 149 g/mol. The van der Waals surface area contributed by atoms with Crippen LogP contribution in [-0.4, -0.2) is 12.1 Å². The van der Waals surface area contributed by atoms with Crippen molar-refractivity contribution in [2.24, 2.45) is 0 Å². The highest BCUT2D eigenvalue weighted by molar-refractivity contribution is 5.27. The van der Waals surface area contributed by atoms with Gasteiger partial charge in [0.25, 0.3) is 0 Å². The van der Waals surface area contributed by atoms with Crippen LogP contribution in [0.1, 0.15) is 13.8 Å². The Kier molecular flexibility index (Phi) is 2.66. The molecule has 0 fully saturated rings. The molecule has 0 atom stereocenters. The summed E-state index contributed by atoms with van der Waals surface area (Å²) in [6.07, 6.45) is 12.6. The summed E-state index contributed by atoms with van der Waals surface area (Å²) in [7, 11) is 0. The molecule has 0 aliphatic heterocycles. The van der Waals surface area contributed by atoms with Crippen LogP contribution in [0.15, 0.2) is 36.5 Å².